The molecular formula is C12H12BrN3O2. The monoisotopic (exact) mass is 309 g/mol. The van der Waals surface area contributed by atoms with Crippen LogP contribution in [0.5, 0.6) is 0 Å². The fourth-order valence-corrected chi connectivity index (χ4v) is 2.07. The predicted octanol–water partition coefficient (Wildman–Crippen LogP) is 2.27. The van der Waals surface area contributed by atoms with Crippen LogP contribution < -0.4 is 0 Å². The summed E-state index contributed by atoms with van der Waals surface area (Å²) in [6.07, 6.45) is 5.16. The topological polar surface area (TPSA) is 57.0 Å². The van der Waals surface area contributed by atoms with Crippen LogP contribution in [0, 0.1) is 0 Å². The Kier molecular flexibility index (Phi) is 4.09. The van der Waals surface area contributed by atoms with Gasteiger partial charge in [0.25, 0.3) is 0 Å². The minimum atomic E-state index is -0.297. The van der Waals surface area contributed by atoms with E-state index in [4.69, 9.17) is 4.74 Å². The standard InChI is InChI=1S/C12H12BrN3O2/c1-2-18-11(17)8-16-7-10(13)12(15-16)9-3-5-14-6-4-9/h3-7H,2,8H2,1H3. The molecule has 0 saturated heterocycles. The summed E-state index contributed by atoms with van der Waals surface area (Å²) in [7, 11) is 0. The smallest absolute Gasteiger partial charge is 0.327 e. The highest BCUT2D eigenvalue weighted by atomic mass is 79.9. The van der Waals surface area contributed by atoms with Gasteiger partial charge in [-0.1, -0.05) is 0 Å². The summed E-state index contributed by atoms with van der Waals surface area (Å²) >= 11 is 3.43. The zero-order chi connectivity index (χ0) is 13.0. The molecule has 0 aliphatic carbocycles. The van der Waals surface area contributed by atoms with Gasteiger partial charge in [-0.05, 0) is 35.0 Å². The van der Waals surface area contributed by atoms with Crippen molar-refractivity contribution in [3.63, 3.8) is 0 Å². The summed E-state index contributed by atoms with van der Waals surface area (Å²) < 4.78 is 7.26. The fraction of sp³-hybridized carbons (Fsp3) is 0.250. The number of pyridine rings is 1. The van der Waals surface area contributed by atoms with E-state index in [1.54, 1.807) is 30.2 Å². The van der Waals surface area contributed by atoms with Crippen LogP contribution in [-0.4, -0.2) is 27.3 Å². The van der Waals surface area contributed by atoms with Crippen LogP contribution in [0.3, 0.4) is 0 Å². The number of hydrogen-bond donors (Lipinski definition) is 0. The molecule has 0 saturated carbocycles. The molecule has 5 nitrogen and oxygen atoms in total. The maximum absolute atomic E-state index is 11.4. The normalized spacial score (nSPS) is 10.3. The Labute approximate surface area is 113 Å². The molecule has 0 fully saturated rings. The van der Waals surface area contributed by atoms with Gasteiger partial charge in [0.1, 0.15) is 12.2 Å². The summed E-state index contributed by atoms with van der Waals surface area (Å²) in [5, 5.41) is 4.34. The molecule has 2 heterocycles. The van der Waals surface area contributed by atoms with E-state index in [2.05, 4.69) is 26.0 Å². The first-order valence-corrected chi connectivity index (χ1v) is 6.29. The van der Waals surface area contributed by atoms with Crippen molar-refractivity contribution in [1.29, 1.82) is 0 Å². The Morgan fingerprint density at radius 3 is 2.83 bits per heavy atom. The minimum absolute atomic E-state index is 0.109. The number of carbonyl (C=O) groups is 1. The summed E-state index contributed by atoms with van der Waals surface area (Å²) in [4.78, 5) is 15.3. The number of hydrogen-bond acceptors (Lipinski definition) is 4. The van der Waals surface area contributed by atoms with Gasteiger partial charge in [0.15, 0.2) is 0 Å². The van der Waals surface area contributed by atoms with Crippen molar-refractivity contribution in [2.24, 2.45) is 0 Å². The lowest BCUT2D eigenvalue weighted by atomic mass is 10.2. The van der Waals surface area contributed by atoms with Crippen molar-refractivity contribution in [3.8, 4) is 11.3 Å². The number of aromatic nitrogens is 3. The molecular weight excluding hydrogens is 298 g/mol. The Hall–Kier alpha value is -1.69. The first-order valence-electron chi connectivity index (χ1n) is 5.49. The summed E-state index contributed by atoms with van der Waals surface area (Å²) in [6.45, 7) is 2.26. The highest BCUT2D eigenvalue weighted by Gasteiger charge is 2.11. The van der Waals surface area contributed by atoms with E-state index in [-0.39, 0.29) is 12.5 Å². The molecule has 94 valence electrons. The molecule has 0 aromatic carbocycles. The molecule has 0 aliphatic rings. The number of halogens is 1. The van der Waals surface area contributed by atoms with E-state index in [0.717, 1.165) is 15.7 Å². The van der Waals surface area contributed by atoms with E-state index in [1.807, 2.05) is 12.1 Å². The molecule has 2 aromatic rings. The molecule has 0 atom stereocenters. The van der Waals surface area contributed by atoms with E-state index in [9.17, 15) is 4.79 Å². The summed E-state index contributed by atoms with van der Waals surface area (Å²) in [5.41, 5.74) is 1.72. The summed E-state index contributed by atoms with van der Waals surface area (Å²) in [6, 6.07) is 3.73. The number of rotatable bonds is 4. The van der Waals surface area contributed by atoms with Gasteiger partial charge in [0, 0.05) is 24.2 Å². The lowest BCUT2D eigenvalue weighted by Gasteiger charge is -2.01. The number of nitrogens with zero attached hydrogens (tertiary/aromatic N) is 3. The predicted molar refractivity (Wildman–Crippen MR) is 69.8 cm³/mol. The molecule has 18 heavy (non-hydrogen) atoms. The van der Waals surface area contributed by atoms with Crippen LogP contribution in [0.2, 0.25) is 0 Å². The van der Waals surface area contributed by atoms with Crippen LogP contribution >= 0.6 is 15.9 Å². The van der Waals surface area contributed by atoms with Gasteiger partial charge in [0.05, 0.1) is 11.1 Å². The van der Waals surface area contributed by atoms with E-state index < -0.39 is 0 Å². The van der Waals surface area contributed by atoms with Crippen LogP contribution in [-0.2, 0) is 16.1 Å². The van der Waals surface area contributed by atoms with Gasteiger partial charge in [-0.2, -0.15) is 5.10 Å². The van der Waals surface area contributed by atoms with Crippen molar-refractivity contribution in [3.05, 3.63) is 35.2 Å². The molecule has 0 N–H and O–H groups in total. The SMILES string of the molecule is CCOC(=O)Cn1cc(Br)c(-c2ccncc2)n1. The quantitative estimate of drug-likeness (QED) is 0.813. The minimum Gasteiger partial charge on any atom is -0.465 e. The Morgan fingerprint density at radius 2 is 2.17 bits per heavy atom. The molecule has 0 spiro atoms. The van der Waals surface area contributed by atoms with E-state index >= 15 is 0 Å². The van der Waals surface area contributed by atoms with Crippen molar-refractivity contribution in [2.75, 3.05) is 6.61 Å². The molecule has 2 rings (SSSR count). The second-order valence-corrected chi connectivity index (χ2v) is 4.42. The Bertz CT molecular complexity index is 540. The first kappa shape index (κ1) is 12.8. The second kappa shape index (κ2) is 5.77. The van der Waals surface area contributed by atoms with Crippen LogP contribution in [0.1, 0.15) is 6.92 Å². The average molecular weight is 310 g/mol. The first-order chi connectivity index (χ1) is 8.70. The van der Waals surface area contributed by atoms with Gasteiger partial charge < -0.3 is 4.74 Å². The van der Waals surface area contributed by atoms with Gasteiger partial charge in [-0.25, -0.2) is 0 Å². The van der Waals surface area contributed by atoms with Crippen LogP contribution in [0.25, 0.3) is 11.3 Å². The number of carbonyl (C=O) groups excluding carboxylic acids is 1. The zero-order valence-corrected chi connectivity index (χ0v) is 11.4. The number of ether oxygens (including phenoxy) is 1. The highest BCUT2D eigenvalue weighted by Crippen LogP contribution is 2.25. The molecule has 6 heteroatoms. The highest BCUT2D eigenvalue weighted by molar-refractivity contribution is 9.10. The number of esters is 1. The summed E-state index contributed by atoms with van der Waals surface area (Å²) in [5.74, 6) is -0.297. The Morgan fingerprint density at radius 1 is 1.44 bits per heavy atom. The van der Waals surface area contributed by atoms with Crippen molar-refractivity contribution in [2.45, 2.75) is 13.5 Å². The average Bonchev–Trinajstić information content (AvgIpc) is 2.71. The molecule has 0 bridgehead atoms. The van der Waals surface area contributed by atoms with Crippen molar-refractivity contribution >= 4 is 21.9 Å². The zero-order valence-electron chi connectivity index (χ0n) is 9.84. The maximum Gasteiger partial charge on any atom is 0.327 e. The van der Waals surface area contributed by atoms with Gasteiger partial charge in [-0.15, -0.1) is 0 Å². The molecule has 0 aliphatic heterocycles. The lowest BCUT2D eigenvalue weighted by molar-refractivity contribution is -0.144. The maximum atomic E-state index is 11.4. The van der Waals surface area contributed by atoms with Gasteiger partial charge >= 0.3 is 5.97 Å². The second-order valence-electron chi connectivity index (χ2n) is 3.56. The third-order valence-corrected chi connectivity index (χ3v) is 2.85. The molecule has 0 radical (unpaired) electrons. The molecule has 0 unspecified atom stereocenters. The van der Waals surface area contributed by atoms with Crippen LogP contribution in [0.15, 0.2) is 35.2 Å². The Balaban J connectivity index is 2.20. The molecule has 0 amide bonds. The third-order valence-electron chi connectivity index (χ3n) is 2.27. The third kappa shape index (κ3) is 2.95. The van der Waals surface area contributed by atoms with E-state index in [1.165, 1.54) is 0 Å². The van der Waals surface area contributed by atoms with Crippen LogP contribution in [0.4, 0.5) is 0 Å². The fourth-order valence-electron chi connectivity index (χ4n) is 1.52. The van der Waals surface area contributed by atoms with Gasteiger partial charge in [0.2, 0.25) is 0 Å². The lowest BCUT2D eigenvalue weighted by Crippen LogP contribution is -2.13. The van der Waals surface area contributed by atoms with E-state index in [0.29, 0.717) is 6.61 Å². The molecule has 2 aromatic heterocycles. The van der Waals surface area contributed by atoms with Crippen molar-refractivity contribution in [1.82, 2.24) is 14.8 Å². The van der Waals surface area contributed by atoms with Gasteiger partial charge in [-0.3, -0.25) is 14.5 Å². The largest absolute Gasteiger partial charge is 0.465 e. The van der Waals surface area contributed by atoms with Crippen molar-refractivity contribution < 1.29 is 9.53 Å².